The molecule has 0 amide bonds. The maximum Gasteiger partial charge on any atom is 0.165 e. The van der Waals surface area contributed by atoms with Gasteiger partial charge in [0.25, 0.3) is 0 Å². The first-order valence-electron chi connectivity index (χ1n) is 7.69. The summed E-state index contributed by atoms with van der Waals surface area (Å²) in [5.41, 5.74) is 0.993. The van der Waals surface area contributed by atoms with Crippen LogP contribution in [0.5, 0.6) is 5.75 Å². The Morgan fingerprint density at radius 3 is 2.57 bits per heavy atom. The van der Waals surface area contributed by atoms with Crippen LogP contribution in [0.4, 0.5) is 4.39 Å². The van der Waals surface area contributed by atoms with Gasteiger partial charge >= 0.3 is 0 Å². The number of ether oxygens (including phenoxy) is 2. The SMILES string of the molecule is CCCNC(CCC(C)OC)Cc1ccc(OC)c(F)c1. The lowest BCUT2D eigenvalue weighted by Gasteiger charge is -2.20. The summed E-state index contributed by atoms with van der Waals surface area (Å²) in [7, 11) is 3.22. The van der Waals surface area contributed by atoms with Gasteiger partial charge < -0.3 is 14.8 Å². The van der Waals surface area contributed by atoms with Gasteiger partial charge in [-0.2, -0.15) is 0 Å². The second-order valence-electron chi connectivity index (χ2n) is 5.45. The number of rotatable bonds is 10. The van der Waals surface area contributed by atoms with Gasteiger partial charge in [-0.15, -0.1) is 0 Å². The zero-order chi connectivity index (χ0) is 15.7. The van der Waals surface area contributed by atoms with Crippen LogP contribution in [0, 0.1) is 5.82 Å². The third-order valence-corrected chi connectivity index (χ3v) is 3.71. The van der Waals surface area contributed by atoms with Crippen LogP contribution in [0.2, 0.25) is 0 Å². The lowest BCUT2D eigenvalue weighted by molar-refractivity contribution is 0.106. The van der Waals surface area contributed by atoms with Crippen molar-refractivity contribution in [3.63, 3.8) is 0 Å². The number of hydrogen-bond acceptors (Lipinski definition) is 3. The molecule has 0 aromatic heterocycles. The van der Waals surface area contributed by atoms with Crippen LogP contribution in [0.25, 0.3) is 0 Å². The third kappa shape index (κ3) is 6.44. The number of benzene rings is 1. The highest BCUT2D eigenvalue weighted by molar-refractivity contribution is 5.29. The highest BCUT2D eigenvalue weighted by Gasteiger charge is 2.12. The molecule has 0 heterocycles. The predicted molar refractivity (Wildman–Crippen MR) is 84.4 cm³/mol. The van der Waals surface area contributed by atoms with Crippen LogP contribution in [0.3, 0.4) is 0 Å². The van der Waals surface area contributed by atoms with Crippen LogP contribution in [-0.2, 0) is 11.2 Å². The number of halogens is 1. The van der Waals surface area contributed by atoms with E-state index in [2.05, 4.69) is 19.2 Å². The molecule has 3 nitrogen and oxygen atoms in total. The summed E-state index contributed by atoms with van der Waals surface area (Å²) in [5, 5.41) is 3.54. The van der Waals surface area contributed by atoms with E-state index in [4.69, 9.17) is 9.47 Å². The first-order chi connectivity index (χ1) is 10.1. The van der Waals surface area contributed by atoms with Crippen LogP contribution in [0.15, 0.2) is 18.2 Å². The van der Waals surface area contributed by atoms with E-state index in [0.717, 1.165) is 37.8 Å². The average molecular weight is 297 g/mol. The van der Waals surface area contributed by atoms with Gasteiger partial charge in [-0.1, -0.05) is 13.0 Å². The van der Waals surface area contributed by atoms with E-state index in [1.807, 2.05) is 6.07 Å². The molecule has 0 bridgehead atoms. The maximum atomic E-state index is 13.8. The van der Waals surface area contributed by atoms with Gasteiger partial charge in [0.2, 0.25) is 0 Å². The summed E-state index contributed by atoms with van der Waals surface area (Å²) in [4.78, 5) is 0. The zero-order valence-electron chi connectivity index (χ0n) is 13.6. The summed E-state index contributed by atoms with van der Waals surface area (Å²) in [5.74, 6) is -0.000626. The molecule has 0 fully saturated rings. The van der Waals surface area contributed by atoms with Crippen molar-refractivity contribution in [3.8, 4) is 5.75 Å². The van der Waals surface area contributed by atoms with Gasteiger partial charge in [0.15, 0.2) is 11.6 Å². The lowest BCUT2D eigenvalue weighted by Crippen LogP contribution is -2.32. The predicted octanol–water partition coefficient (Wildman–Crippen LogP) is 3.56. The Morgan fingerprint density at radius 2 is 2.00 bits per heavy atom. The fourth-order valence-corrected chi connectivity index (χ4v) is 2.30. The van der Waals surface area contributed by atoms with Crippen LogP contribution < -0.4 is 10.1 Å². The van der Waals surface area contributed by atoms with Gasteiger partial charge in [-0.25, -0.2) is 4.39 Å². The summed E-state index contributed by atoms with van der Waals surface area (Å²) in [6.45, 7) is 5.20. The molecule has 0 saturated heterocycles. The van der Waals surface area contributed by atoms with Gasteiger partial charge in [0, 0.05) is 13.2 Å². The van der Waals surface area contributed by atoms with Crippen LogP contribution in [0.1, 0.15) is 38.7 Å². The van der Waals surface area contributed by atoms with Gasteiger partial charge in [-0.05, 0) is 56.8 Å². The molecule has 2 unspecified atom stereocenters. The van der Waals surface area contributed by atoms with Crippen molar-refractivity contribution in [1.29, 1.82) is 0 Å². The number of hydrogen-bond donors (Lipinski definition) is 1. The lowest BCUT2D eigenvalue weighted by atomic mass is 10.00. The molecular formula is C17H28FNO2. The van der Waals surface area contributed by atoms with E-state index < -0.39 is 0 Å². The van der Waals surface area contributed by atoms with Crippen molar-refractivity contribution in [2.45, 2.75) is 51.7 Å². The fraction of sp³-hybridized carbons (Fsp3) is 0.647. The summed E-state index contributed by atoms with van der Waals surface area (Å²) in [6, 6.07) is 5.54. The molecule has 120 valence electrons. The summed E-state index contributed by atoms with van der Waals surface area (Å²) in [6.07, 6.45) is 4.17. The van der Waals surface area contributed by atoms with E-state index in [1.54, 1.807) is 19.2 Å². The molecule has 0 spiro atoms. The molecule has 0 saturated carbocycles. The van der Waals surface area contributed by atoms with Gasteiger partial charge in [0.1, 0.15) is 0 Å². The second-order valence-corrected chi connectivity index (χ2v) is 5.45. The van der Waals surface area contributed by atoms with Crippen LogP contribution in [-0.4, -0.2) is 32.9 Å². The Morgan fingerprint density at radius 1 is 1.24 bits per heavy atom. The highest BCUT2D eigenvalue weighted by atomic mass is 19.1. The molecule has 4 heteroatoms. The topological polar surface area (TPSA) is 30.5 Å². The van der Waals surface area contributed by atoms with Crippen molar-refractivity contribution in [2.75, 3.05) is 20.8 Å². The minimum absolute atomic E-state index is 0.253. The molecule has 21 heavy (non-hydrogen) atoms. The Kier molecular flexibility index (Phi) is 8.31. The standard InChI is InChI=1S/C17H28FNO2/c1-5-10-19-15(8-6-13(2)20-3)11-14-7-9-17(21-4)16(18)12-14/h7,9,12-13,15,19H,5-6,8,10-11H2,1-4H3. The van der Waals surface area contributed by atoms with Gasteiger partial charge in [0.05, 0.1) is 13.2 Å². The van der Waals surface area contributed by atoms with E-state index in [9.17, 15) is 4.39 Å². The summed E-state index contributed by atoms with van der Waals surface area (Å²) < 4.78 is 24.0. The van der Waals surface area contributed by atoms with Gasteiger partial charge in [-0.3, -0.25) is 0 Å². The Labute approximate surface area is 127 Å². The maximum absolute atomic E-state index is 13.8. The number of nitrogens with one attached hydrogen (secondary N) is 1. The molecule has 2 atom stereocenters. The van der Waals surface area contributed by atoms with E-state index >= 15 is 0 Å². The molecule has 1 N–H and O–H groups in total. The van der Waals surface area contributed by atoms with Crippen LogP contribution >= 0.6 is 0 Å². The molecule has 0 aliphatic rings. The molecule has 0 radical (unpaired) electrons. The Hall–Kier alpha value is -1.13. The smallest absolute Gasteiger partial charge is 0.165 e. The Balaban J connectivity index is 2.63. The minimum atomic E-state index is -0.297. The Bertz CT molecular complexity index is 412. The molecule has 1 aromatic rings. The molecule has 0 aliphatic heterocycles. The first kappa shape index (κ1) is 17.9. The molecule has 1 aromatic carbocycles. The highest BCUT2D eigenvalue weighted by Crippen LogP contribution is 2.19. The minimum Gasteiger partial charge on any atom is -0.494 e. The molecule has 1 rings (SSSR count). The van der Waals surface area contributed by atoms with Crippen molar-refractivity contribution in [2.24, 2.45) is 0 Å². The van der Waals surface area contributed by atoms with Crippen molar-refractivity contribution >= 4 is 0 Å². The summed E-state index contributed by atoms with van der Waals surface area (Å²) >= 11 is 0. The fourth-order valence-electron chi connectivity index (χ4n) is 2.30. The van der Waals surface area contributed by atoms with Crippen molar-refractivity contribution in [3.05, 3.63) is 29.6 Å². The molecule has 0 aliphatic carbocycles. The monoisotopic (exact) mass is 297 g/mol. The average Bonchev–Trinajstić information content (AvgIpc) is 2.49. The van der Waals surface area contributed by atoms with E-state index in [1.165, 1.54) is 7.11 Å². The largest absolute Gasteiger partial charge is 0.494 e. The quantitative estimate of drug-likeness (QED) is 0.716. The zero-order valence-corrected chi connectivity index (χ0v) is 13.6. The van der Waals surface area contributed by atoms with E-state index in [-0.39, 0.29) is 11.9 Å². The third-order valence-electron chi connectivity index (χ3n) is 3.71. The normalized spacial score (nSPS) is 14.0. The van der Waals surface area contributed by atoms with Crippen molar-refractivity contribution < 1.29 is 13.9 Å². The van der Waals surface area contributed by atoms with Crippen molar-refractivity contribution in [1.82, 2.24) is 5.32 Å². The van der Waals surface area contributed by atoms with E-state index in [0.29, 0.717) is 11.8 Å². The number of methoxy groups -OCH3 is 2. The second kappa shape index (κ2) is 9.74. The first-order valence-corrected chi connectivity index (χ1v) is 7.69. The molecular weight excluding hydrogens is 269 g/mol.